The van der Waals surface area contributed by atoms with E-state index in [0.717, 1.165) is 31.6 Å². The van der Waals surface area contributed by atoms with E-state index in [4.69, 9.17) is 9.84 Å². The van der Waals surface area contributed by atoms with Crippen molar-refractivity contribution >= 4 is 17.8 Å². The third kappa shape index (κ3) is 10.9. The normalized spacial score (nSPS) is 10.9. The first-order valence-electron chi connectivity index (χ1n) is 14.1. The summed E-state index contributed by atoms with van der Waals surface area (Å²) in [7, 11) is 0. The second-order valence-electron chi connectivity index (χ2n) is 9.21. The van der Waals surface area contributed by atoms with Crippen LogP contribution in [0.3, 0.4) is 0 Å². The number of ether oxygens (including phenoxy) is 1. The van der Waals surface area contributed by atoms with Crippen molar-refractivity contribution in [2.24, 2.45) is 0 Å². The number of unbranched alkanes of at least 4 members (excludes halogenated alkanes) is 2. The highest BCUT2D eigenvalue weighted by atomic mass is 16.5. The van der Waals surface area contributed by atoms with Gasteiger partial charge in [-0.3, -0.25) is 9.69 Å². The van der Waals surface area contributed by atoms with Crippen LogP contribution < -0.4 is 4.74 Å². The van der Waals surface area contributed by atoms with Crippen LogP contribution in [0.15, 0.2) is 72.9 Å². The molecule has 0 radical (unpaired) electrons. The van der Waals surface area contributed by atoms with Gasteiger partial charge in [-0.1, -0.05) is 89.1 Å². The van der Waals surface area contributed by atoms with Crippen LogP contribution in [0.4, 0.5) is 0 Å². The maximum absolute atomic E-state index is 13.2. The quantitative estimate of drug-likeness (QED) is 0.155. The number of allylic oxidation sites excluding steroid dienone is 1. The zero-order valence-corrected chi connectivity index (χ0v) is 23.9. The van der Waals surface area contributed by atoms with Gasteiger partial charge in [0.2, 0.25) is 5.78 Å². The molecule has 3 rings (SSSR count). The Morgan fingerprint density at radius 2 is 1.72 bits per heavy atom. The third-order valence-corrected chi connectivity index (χ3v) is 6.14. The van der Waals surface area contributed by atoms with E-state index in [1.54, 1.807) is 12.1 Å². The molecule has 3 aromatic rings. The second-order valence-corrected chi connectivity index (χ2v) is 9.21. The summed E-state index contributed by atoms with van der Waals surface area (Å²) >= 11 is 0. The zero-order valence-electron chi connectivity index (χ0n) is 23.9. The fraction of sp³-hybridized carbons (Fsp3) is 0.394. The lowest BCUT2D eigenvalue weighted by Crippen LogP contribution is -2.25. The van der Waals surface area contributed by atoms with Gasteiger partial charge in [-0.15, -0.1) is 0 Å². The first-order chi connectivity index (χ1) is 19.0. The van der Waals surface area contributed by atoms with E-state index in [-0.39, 0.29) is 12.4 Å². The summed E-state index contributed by atoms with van der Waals surface area (Å²) in [6.07, 6.45) is 10.6. The Kier molecular flexibility index (Phi) is 14.4. The van der Waals surface area contributed by atoms with Gasteiger partial charge >= 0.3 is 5.97 Å². The van der Waals surface area contributed by atoms with Crippen molar-refractivity contribution in [1.82, 2.24) is 9.47 Å². The lowest BCUT2D eigenvalue weighted by Gasteiger charge is -2.21. The molecule has 0 aliphatic carbocycles. The number of rotatable bonds is 16. The van der Waals surface area contributed by atoms with Crippen molar-refractivity contribution < 1.29 is 19.4 Å². The molecule has 6 heteroatoms. The predicted octanol–water partition coefficient (Wildman–Crippen LogP) is 7.32. The van der Waals surface area contributed by atoms with Crippen LogP contribution in [-0.4, -0.2) is 46.0 Å². The largest absolute Gasteiger partial charge is 0.482 e. The smallest absolute Gasteiger partial charge is 0.341 e. The molecule has 0 aliphatic heterocycles. The Balaban J connectivity index is 0.00000260. The van der Waals surface area contributed by atoms with Gasteiger partial charge in [0, 0.05) is 24.8 Å². The van der Waals surface area contributed by atoms with E-state index in [0.29, 0.717) is 23.6 Å². The Morgan fingerprint density at radius 3 is 2.41 bits per heavy atom. The minimum absolute atomic E-state index is 0.00220. The maximum Gasteiger partial charge on any atom is 0.341 e. The topological polar surface area (TPSA) is 71.8 Å². The van der Waals surface area contributed by atoms with E-state index in [1.807, 2.05) is 73.2 Å². The summed E-state index contributed by atoms with van der Waals surface area (Å²) in [4.78, 5) is 26.4. The molecule has 1 N–H and O–H groups in total. The molecule has 0 saturated heterocycles. The van der Waals surface area contributed by atoms with E-state index >= 15 is 0 Å². The van der Waals surface area contributed by atoms with Gasteiger partial charge in [0.15, 0.2) is 6.61 Å². The Morgan fingerprint density at radius 1 is 0.949 bits per heavy atom. The van der Waals surface area contributed by atoms with Crippen LogP contribution in [0.5, 0.6) is 5.75 Å². The van der Waals surface area contributed by atoms with Crippen LogP contribution in [-0.2, 0) is 17.9 Å². The number of aliphatic carboxylic acids is 1. The number of benzene rings is 2. The number of hydrogen-bond donors (Lipinski definition) is 1. The van der Waals surface area contributed by atoms with Crippen LogP contribution >= 0.6 is 0 Å². The first kappa shape index (κ1) is 31.6. The van der Waals surface area contributed by atoms with Gasteiger partial charge in [0.25, 0.3) is 0 Å². The van der Waals surface area contributed by atoms with Crippen LogP contribution in [0.25, 0.3) is 6.08 Å². The monoisotopic (exact) mass is 532 g/mol. The standard InChI is InChI=1S/C31H38N2O4.C2H6/c1-3-5-6-19-32(18-4-2)23-26-14-16-27(17-15-26)31(36)29-13-9-21-33(29)20-8-11-25-10-7-12-28(22-25)37-24-30(34)35;1-2/h7-17,21-22H,3-6,18-20,23-24H2,1-2H3,(H,34,35);1-2H3/b11-8+;. The number of ketones is 1. The molecule has 0 saturated carbocycles. The molecule has 0 bridgehead atoms. The second kappa shape index (κ2) is 17.8. The lowest BCUT2D eigenvalue weighted by molar-refractivity contribution is -0.139. The van der Waals surface area contributed by atoms with Crippen molar-refractivity contribution in [3.63, 3.8) is 0 Å². The summed E-state index contributed by atoms with van der Waals surface area (Å²) in [5, 5.41) is 8.78. The van der Waals surface area contributed by atoms with E-state index in [1.165, 1.54) is 24.8 Å². The fourth-order valence-electron chi connectivity index (χ4n) is 4.27. The fourth-order valence-corrected chi connectivity index (χ4v) is 4.27. The number of aromatic nitrogens is 1. The minimum Gasteiger partial charge on any atom is -0.482 e. The van der Waals surface area contributed by atoms with Crippen molar-refractivity contribution in [2.75, 3.05) is 19.7 Å². The summed E-state index contributed by atoms with van der Waals surface area (Å²) in [6, 6.07) is 19.0. The van der Waals surface area contributed by atoms with Crippen molar-refractivity contribution in [3.8, 4) is 5.75 Å². The summed E-state index contributed by atoms with van der Waals surface area (Å²) < 4.78 is 7.16. The number of carboxylic acid groups (broad SMARTS) is 1. The molecule has 0 spiro atoms. The van der Waals surface area contributed by atoms with Gasteiger partial charge in [-0.25, -0.2) is 4.79 Å². The number of carboxylic acids is 1. The number of carbonyl (C=O) groups is 2. The van der Waals surface area contributed by atoms with Crippen LogP contribution in [0.1, 0.15) is 80.6 Å². The molecule has 2 aromatic carbocycles. The van der Waals surface area contributed by atoms with E-state index in [2.05, 4.69) is 30.9 Å². The molecule has 1 aromatic heterocycles. The molecule has 6 nitrogen and oxygen atoms in total. The highest BCUT2D eigenvalue weighted by Gasteiger charge is 2.13. The van der Waals surface area contributed by atoms with E-state index < -0.39 is 5.97 Å². The first-order valence-corrected chi connectivity index (χ1v) is 14.1. The highest BCUT2D eigenvalue weighted by Crippen LogP contribution is 2.17. The molecule has 39 heavy (non-hydrogen) atoms. The predicted molar refractivity (Wildman–Crippen MR) is 159 cm³/mol. The molecule has 0 atom stereocenters. The van der Waals surface area contributed by atoms with Gasteiger partial charge in [0.1, 0.15) is 5.75 Å². The number of hydrogen-bond acceptors (Lipinski definition) is 4. The van der Waals surface area contributed by atoms with Crippen molar-refractivity contribution in [3.05, 3.63) is 95.3 Å². The number of nitrogens with zero attached hydrogens (tertiary/aromatic N) is 2. The summed E-state index contributed by atoms with van der Waals surface area (Å²) in [5.74, 6) is -0.507. The van der Waals surface area contributed by atoms with E-state index in [9.17, 15) is 9.59 Å². The Hall–Kier alpha value is -3.64. The average molecular weight is 533 g/mol. The zero-order chi connectivity index (χ0) is 28.5. The third-order valence-electron chi connectivity index (χ3n) is 6.14. The van der Waals surface area contributed by atoms with Gasteiger partial charge in [-0.2, -0.15) is 0 Å². The van der Waals surface area contributed by atoms with Crippen LogP contribution in [0, 0.1) is 0 Å². The molecule has 0 amide bonds. The molecule has 0 aliphatic rings. The van der Waals surface area contributed by atoms with Crippen molar-refractivity contribution in [2.45, 2.75) is 66.5 Å². The molecule has 210 valence electrons. The molecular weight excluding hydrogens is 488 g/mol. The molecule has 0 fully saturated rings. The lowest BCUT2D eigenvalue weighted by atomic mass is 10.1. The van der Waals surface area contributed by atoms with Crippen LogP contribution in [0.2, 0.25) is 0 Å². The molecule has 1 heterocycles. The summed E-state index contributed by atoms with van der Waals surface area (Å²) in [6.45, 7) is 11.7. The summed E-state index contributed by atoms with van der Waals surface area (Å²) in [5.41, 5.74) is 3.45. The van der Waals surface area contributed by atoms with Gasteiger partial charge in [0.05, 0.1) is 5.69 Å². The molecular formula is C33H44N2O4. The maximum atomic E-state index is 13.2. The van der Waals surface area contributed by atoms with Crippen molar-refractivity contribution in [1.29, 1.82) is 0 Å². The Labute approximate surface area is 233 Å². The number of carbonyl (C=O) groups excluding carboxylic acids is 1. The highest BCUT2D eigenvalue weighted by molar-refractivity contribution is 6.08. The Bertz CT molecular complexity index is 1160. The SMILES string of the molecule is CC.CCCCCN(CCC)Cc1ccc(C(=O)c2cccn2C/C=C/c2cccc(OCC(=O)O)c2)cc1. The van der Waals surface area contributed by atoms with Gasteiger partial charge < -0.3 is 14.4 Å². The average Bonchev–Trinajstić information content (AvgIpc) is 3.42. The van der Waals surface area contributed by atoms with Gasteiger partial charge in [-0.05, 0) is 61.3 Å². The minimum atomic E-state index is -1.01. The molecule has 0 unspecified atom stereocenters.